The summed E-state index contributed by atoms with van der Waals surface area (Å²) in [6, 6.07) is 1.32. The Hall–Kier alpha value is -1.78. The van der Waals surface area contributed by atoms with Crippen LogP contribution in [0, 0.1) is 11.6 Å². The Bertz CT molecular complexity index is 426. The van der Waals surface area contributed by atoms with Crippen LogP contribution in [0.5, 0.6) is 5.75 Å². The molecule has 0 spiro atoms. The minimum absolute atomic E-state index is 0.228. The minimum Gasteiger partial charge on any atom is -0.420 e. The standard InChI is InChI=1S/C8H2F2O3/c9-4-1-3-6(2-5(4)10)13-8(12)7(3)11/h1-2H. The molecule has 66 valence electrons. The first kappa shape index (κ1) is 7.85. The number of fused-ring (bicyclic) bond motifs is 1. The maximum Gasteiger partial charge on any atom is 0.385 e. The van der Waals surface area contributed by atoms with E-state index in [1.54, 1.807) is 0 Å². The normalized spacial score (nSPS) is 14.3. The fourth-order valence-corrected chi connectivity index (χ4v) is 1.05. The molecule has 13 heavy (non-hydrogen) atoms. The van der Waals surface area contributed by atoms with Gasteiger partial charge in [0.05, 0.1) is 5.56 Å². The van der Waals surface area contributed by atoms with Gasteiger partial charge in [0.15, 0.2) is 11.6 Å². The first-order valence-electron chi connectivity index (χ1n) is 3.35. The Balaban J connectivity index is 2.66. The number of hydrogen-bond acceptors (Lipinski definition) is 3. The molecule has 0 saturated heterocycles. The molecule has 2 rings (SSSR count). The number of hydrogen-bond donors (Lipinski definition) is 0. The van der Waals surface area contributed by atoms with E-state index >= 15 is 0 Å². The maximum atomic E-state index is 12.6. The average molecular weight is 184 g/mol. The molecule has 0 unspecified atom stereocenters. The number of carbonyl (C=O) groups excluding carboxylic acids is 2. The van der Waals surface area contributed by atoms with E-state index in [2.05, 4.69) is 4.74 Å². The molecule has 0 radical (unpaired) electrons. The molecule has 0 aliphatic carbocycles. The van der Waals surface area contributed by atoms with Gasteiger partial charge in [0.1, 0.15) is 5.75 Å². The van der Waals surface area contributed by atoms with Crippen molar-refractivity contribution in [3.05, 3.63) is 29.3 Å². The Morgan fingerprint density at radius 1 is 1.08 bits per heavy atom. The van der Waals surface area contributed by atoms with Crippen molar-refractivity contribution in [2.24, 2.45) is 0 Å². The molecule has 0 amide bonds. The van der Waals surface area contributed by atoms with Crippen LogP contribution in [0.25, 0.3) is 0 Å². The van der Waals surface area contributed by atoms with E-state index in [0.29, 0.717) is 12.1 Å². The van der Waals surface area contributed by atoms with E-state index in [9.17, 15) is 18.4 Å². The van der Waals surface area contributed by atoms with E-state index < -0.39 is 23.4 Å². The van der Waals surface area contributed by atoms with Crippen molar-refractivity contribution in [1.29, 1.82) is 0 Å². The third kappa shape index (κ3) is 1.00. The minimum atomic E-state index is -1.18. The summed E-state index contributed by atoms with van der Waals surface area (Å²) in [6.45, 7) is 0. The zero-order valence-corrected chi connectivity index (χ0v) is 6.14. The van der Waals surface area contributed by atoms with Crippen LogP contribution in [-0.2, 0) is 4.79 Å². The molecule has 3 nitrogen and oxygen atoms in total. The van der Waals surface area contributed by atoms with Gasteiger partial charge in [-0.3, -0.25) is 4.79 Å². The SMILES string of the molecule is O=C1Oc2cc(F)c(F)cc2C1=O. The topological polar surface area (TPSA) is 43.4 Å². The predicted octanol–water partition coefficient (Wildman–Crippen LogP) is 1.07. The van der Waals surface area contributed by atoms with E-state index in [-0.39, 0.29) is 11.3 Å². The zero-order chi connectivity index (χ0) is 9.59. The molecule has 0 aromatic heterocycles. The number of benzene rings is 1. The average Bonchev–Trinajstić information content (AvgIpc) is 2.32. The molecule has 5 heteroatoms. The van der Waals surface area contributed by atoms with Gasteiger partial charge >= 0.3 is 5.97 Å². The molecule has 1 aliphatic heterocycles. The summed E-state index contributed by atoms with van der Waals surface area (Å²) in [7, 11) is 0. The molecule has 1 heterocycles. The first-order valence-corrected chi connectivity index (χ1v) is 3.35. The maximum absolute atomic E-state index is 12.6. The number of halogens is 2. The summed E-state index contributed by atoms with van der Waals surface area (Å²) in [5.41, 5.74) is -0.232. The van der Waals surface area contributed by atoms with Crippen molar-refractivity contribution < 1.29 is 23.1 Å². The van der Waals surface area contributed by atoms with Gasteiger partial charge < -0.3 is 4.74 Å². The summed E-state index contributed by atoms with van der Waals surface area (Å²) in [6.07, 6.45) is 0. The van der Waals surface area contributed by atoms with Crippen molar-refractivity contribution in [2.75, 3.05) is 0 Å². The predicted molar refractivity (Wildman–Crippen MR) is 36.3 cm³/mol. The third-order valence-corrected chi connectivity index (χ3v) is 1.66. The van der Waals surface area contributed by atoms with E-state index in [0.717, 1.165) is 0 Å². The van der Waals surface area contributed by atoms with Gasteiger partial charge in [-0.1, -0.05) is 0 Å². The van der Waals surface area contributed by atoms with Crippen LogP contribution in [-0.4, -0.2) is 11.8 Å². The number of Topliss-reactive ketones (excluding diaryl/α,β-unsaturated/α-hetero) is 1. The highest BCUT2D eigenvalue weighted by atomic mass is 19.2. The van der Waals surface area contributed by atoms with E-state index in [4.69, 9.17) is 0 Å². The van der Waals surface area contributed by atoms with Crippen molar-refractivity contribution in [3.8, 4) is 5.75 Å². The highest BCUT2D eigenvalue weighted by Crippen LogP contribution is 2.27. The molecular weight excluding hydrogens is 182 g/mol. The highest BCUT2D eigenvalue weighted by Gasteiger charge is 2.32. The smallest absolute Gasteiger partial charge is 0.385 e. The van der Waals surface area contributed by atoms with Crippen LogP contribution >= 0.6 is 0 Å². The number of rotatable bonds is 0. The van der Waals surface area contributed by atoms with Crippen LogP contribution in [0.4, 0.5) is 8.78 Å². The Morgan fingerprint density at radius 2 is 1.69 bits per heavy atom. The van der Waals surface area contributed by atoms with Gasteiger partial charge in [-0.2, -0.15) is 0 Å². The molecule has 0 bridgehead atoms. The lowest BCUT2D eigenvalue weighted by atomic mass is 10.1. The number of carbonyl (C=O) groups is 2. The van der Waals surface area contributed by atoms with Gasteiger partial charge in [0.25, 0.3) is 5.78 Å². The molecule has 0 fully saturated rings. The second-order valence-electron chi connectivity index (χ2n) is 2.48. The van der Waals surface area contributed by atoms with Gasteiger partial charge in [0, 0.05) is 6.07 Å². The van der Waals surface area contributed by atoms with Crippen LogP contribution in [0.2, 0.25) is 0 Å². The van der Waals surface area contributed by atoms with Crippen molar-refractivity contribution >= 4 is 11.8 Å². The van der Waals surface area contributed by atoms with E-state index in [1.165, 1.54) is 0 Å². The second kappa shape index (κ2) is 2.35. The lowest BCUT2D eigenvalue weighted by molar-refractivity contribution is -0.128. The van der Waals surface area contributed by atoms with Gasteiger partial charge in [-0.15, -0.1) is 0 Å². The Labute approximate surface area is 70.9 Å². The van der Waals surface area contributed by atoms with Crippen LogP contribution in [0.3, 0.4) is 0 Å². The summed E-state index contributed by atoms with van der Waals surface area (Å²) in [4.78, 5) is 21.5. The number of ether oxygens (including phenoxy) is 1. The summed E-state index contributed by atoms with van der Waals surface area (Å²) in [5.74, 6) is -4.62. The lowest BCUT2D eigenvalue weighted by Crippen LogP contribution is -2.10. The monoisotopic (exact) mass is 184 g/mol. The quantitative estimate of drug-likeness (QED) is 0.344. The fourth-order valence-electron chi connectivity index (χ4n) is 1.05. The van der Waals surface area contributed by atoms with Crippen molar-refractivity contribution in [3.63, 3.8) is 0 Å². The van der Waals surface area contributed by atoms with Gasteiger partial charge in [-0.25, -0.2) is 13.6 Å². The highest BCUT2D eigenvalue weighted by molar-refractivity contribution is 6.44. The fraction of sp³-hybridized carbons (Fsp3) is 0. The lowest BCUT2D eigenvalue weighted by Gasteiger charge is -1.95. The molecule has 0 saturated carbocycles. The first-order chi connectivity index (χ1) is 6.09. The van der Waals surface area contributed by atoms with Crippen LogP contribution < -0.4 is 4.74 Å². The molecule has 1 aromatic carbocycles. The molecular formula is C8H2F2O3. The van der Waals surface area contributed by atoms with Gasteiger partial charge in [0.2, 0.25) is 0 Å². The molecule has 1 aliphatic rings. The Morgan fingerprint density at radius 3 is 2.38 bits per heavy atom. The second-order valence-corrected chi connectivity index (χ2v) is 2.48. The Kier molecular flexibility index (Phi) is 1.42. The largest absolute Gasteiger partial charge is 0.420 e. The van der Waals surface area contributed by atoms with Crippen LogP contribution in [0.1, 0.15) is 10.4 Å². The summed E-state index contributed by atoms with van der Waals surface area (Å²) >= 11 is 0. The van der Waals surface area contributed by atoms with Crippen molar-refractivity contribution in [2.45, 2.75) is 0 Å². The van der Waals surface area contributed by atoms with Crippen molar-refractivity contribution in [1.82, 2.24) is 0 Å². The number of esters is 1. The zero-order valence-electron chi connectivity index (χ0n) is 6.14. The summed E-state index contributed by atoms with van der Waals surface area (Å²) < 4.78 is 29.5. The third-order valence-electron chi connectivity index (χ3n) is 1.66. The van der Waals surface area contributed by atoms with E-state index in [1.807, 2.05) is 0 Å². The molecule has 1 aromatic rings. The molecule has 0 atom stereocenters. The molecule has 0 N–H and O–H groups in total. The van der Waals surface area contributed by atoms with Gasteiger partial charge in [-0.05, 0) is 6.07 Å². The summed E-state index contributed by atoms with van der Waals surface area (Å²) in [5, 5.41) is 0. The number of ketones is 1. The van der Waals surface area contributed by atoms with Crippen LogP contribution in [0.15, 0.2) is 12.1 Å².